The van der Waals surface area contributed by atoms with Gasteiger partial charge in [0.1, 0.15) is 0 Å². The lowest BCUT2D eigenvalue weighted by Crippen LogP contribution is -2.26. The van der Waals surface area contributed by atoms with Crippen LogP contribution >= 0.6 is 15.9 Å². The van der Waals surface area contributed by atoms with E-state index in [9.17, 15) is 0 Å². The fourth-order valence-corrected chi connectivity index (χ4v) is 2.90. The van der Waals surface area contributed by atoms with E-state index in [2.05, 4.69) is 33.4 Å². The van der Waals surface area contributed by atoms with Crippen LogP contribution in [0.5, 0.6) is 11.5 Å². The molecule has 1 N–H and O–H groups in total. The van der Waals surface area contributed by atoms with Crippen LogP contribution in [0.2, 0.25) is 0 Å². The molecule has 2 heterocycles. The number of fused-ring (bicyclic) bond motifs is 1. The molecule has 0 aromatic heterocycles. The zero-order valence-electron chi connectivity index (χ0n) is 8.96. The van der Waals surface area contributed by atoms with Gasteiger partial charge in [0.25, 0.3) is 0 Å². The Morgan fingerprint density at radius 2 is 2.19 bits per heavy atom. The van der Waals surface area contributed by atoms with Crippen LogP contribution in [0.4, 0.5) is 0 Å². The van der Waals surface area contributed by atoms with Crippen molar-refractivity contribution in [1.82, 2.24) is 5.32 Å². The van der Waals surface area contributed by atoms with Gasteiger partial charge in [-0.05, 0) is 53.0 Å². The first-order valence-corrected chi connectivity index (χ1v) is 6.46. The number of hydrogen-bond donors (Lipinski definition) is 1. The quantitative estimate of drug-likeness (QED) is 0.860. The molecule has 0 amide bonds. The SMILES string of the molecule is Brc1cc(C2CCCCN2)cc2c1OCO2. The smallest absolute Gasteiger partial charge is 0.231 e. The molecule has 0 bridgehead atoms. The largest absolute Gasteiger partial charge is 0.454 e. The molecule has 4 heteroatoms. The second kappa shape index (κ2) is 4.26. The Labute approximate surface area is 103 Å². The van der Waals surface area contributed by atoms with E-state index in [-0.39, 0.29) is 0 Å². The lowest BCUT2D eigenvalue weighted by molar-refractivity contribution is 0.173. The molecule has 16 heavy (non-hydrogen) atoms. The lowest BCUT2D eigenvalue weighted by atomic mass is 9.97. The Kier molecular flexibility index (Phi) is 2.77. The molecule has 2 aliphatic rings. The van der Waals surface area contributed by atoms with Gasteiger partial charge in [0.2, 0.25) is 6.79 Å². The first-order valence-electron chi connectivity index (χ1n) is 5.67. The minimum atomic E-state index is 0.329. The van der Waals surface area contributed by atoms with Crippen molar-refractivity contribution < 1.29 is 9.47 Å². The monoisotopic (exact) mass is 283 g/mol. The molecule has 0 spiro atoms. The van der Waals surface area contributed by atoms with Gasteiger partial charge in [-0.2, -0.15) is 0 Å². The van der Waals surface area contributed by atoms with Gasteiger partial charge >= 0.3 is 0 Å². The molecule has 3 rings (SSSR count). The third-order valence-corrected chi connectivity index (χ3v) is 3.75. The van der Waals surface area contributed by atoms with Crippen molar-refractivity contribution in [2.24, 2.45) is 0 Å². The lowest BCUT2D eigenvalue weighted by Gasteiger charge is -2.24. The second-order valence-electron chi connectivity index (χ2n) is 4.24. The Hall–Kier alpha value is -0.740. The number of nitrogens with one attached hydrogen (secondary N) is 1. The Bertz CT molecular complexity index is 402. The highest BCUT2D eigenvalue weighted by atomic mass is 79.9. The van der Waals surface area contributed by atoms with E-state index in [0.717, 1.165) is 22.5 Å². The Morgan fingerprint density at radius 1 is 1.25 bits per heavy atom. The normalized spacial score (nSPS) is 23.4. The summed E-state index contributed by atoms with van der Waals surface area (Å²) in [6, 6.07) is 4.69. The molecular weight excluding hydrogens is 270 g/mol. The topological polar surface area (TPSA) is 30.5 Å². The predicted octanol–water partition coefficient (Wildman–Crippen LogP) is 2.99. The van der Waals surface area contributed by atoms with Crippen molar-refractivity contribution in [2.75, 3.05) is 13.3 Å². The van der Waals surface area contributed by atoms with Gasteiger partial charge in [0.05, 0.1) is 4.47 Å². The molecular formula is C12H14BrNO2. The van der Waals surface area contributed by atoms with E-state index >= 15 is 0 Å². The summed E-state index contributed by atoms with van der Waals surface area (Å²) < 4.78 is 11.8. The van der Waals surface area contributed by atoms with Gasteiger partial charge in [0.15, 0.2) is 11.5 Å². The van der Waals surface area contributed by atoms with E-state index in [1.54, 1.807) is 0 Å². The van der Waals surface area contributed by atoms with E-state index in [4.69, 9.17) is 9.47 Å². The second-order valence-corrected chi connectivity index (χ2v) is 5.09. The molecule has 1 atom stereocenters. The van der Waals surface area contributed by atoms with Crippen LogP contribution in [0.15, 0.2) is 16.6 Å². The van der Waals surface area contributed by atoms with Gasteiger partial charge in [0, 0.05) is 6.04 Å². The summed E-state index contributed by atoms with van der Waals surface area (Å²) in [6.45, 7) is 1.44. The van der Waals surface area contributed by atoms with Gasteiger partial charge in [-0.3, -0.25) is 0 Å². The summed E-state index contributed by atoms with van der Waals surface area (Å²) in [5.74, 6) is 1.69. The first kappa shape index (κ1) is 10.4. The van der Waals surface area contributed by atoms with Crippen LogP contribution in [0.25, 0.3) is 0 Å². The molecule has 0 saturated carbocycles. The highest BCUT2D eigenvalue weighted by Gasteiger charge is 2.22. The molecule has 86 valence electrons. The van der Waals surface area contributed by atoms with Crippen LogP contribution in [0, 0.1) is 0 Å². The van der Waals surface area contributed by atoms with Crippen molar-refractivity contribution in [1.29, 1.82) is 0 Å². The van der Waals surface area contributed by atoms with E-state index < -0.39 is 0 Å². The minimum absolute atomic E-state index is 0.329. The van der Waals surface area contributed by atoms with E-state index in [0.29, 0.717) is 12.8 Å². The molecule has 3 nitrogen and oxygen atoms in total. The highest BCUT2D eigenvalue weighted by molar-refractivity contribution is 9.10. The van der Waals surface area contributed by atoms with Crippen molar-refractivity contribution in [3.05, 3.63) is 22.2 Å². The average Bonchev–Trinajstić information content (AvgIpc) is 2.79. The number of hydrogen-bond acceptors (Lipinski definition) is 3. The molecule has 0 aliphatic carbocycles. The maximum Gasteiger partial charge on any atom is 0.231 e. The zero-order chi connectivity index (χ0) is 11.0. The maximum absolute atomic E-state index is 5.43. The van der Waals surface area contributed by atoms with Crippen molar-refractivity contribution >= 4 is 15.9 Å². The van der Waals surface area contributed by atoms with Gasteiger partial charge in [-0.1, -0.05) is 6.42 Å². The number of halogens is 1. The molecule has 1 aromatic carbocycles. The van der Waals surface area contributed by atoms with Crippen molar-refractivity contribution in [3.63, 3.8) is 0 Å². The van der Waals surface area contributed by atoms with Crippen LogP contribution in [-0.4, -0.2) is 13.3 Å². The molecule has 1 fully saturated rings. The molecule has 2 aliphatic heterocycles. The zero-order valence-corrected chi connectivity index (χ0v) is 10.5. The Balaban J connectivity index is 1.92. The third-order valence-electron chi connectivity index (χ3n) is 3.16. The van der Waals surface area contributed by atoms with Crippen LogP contribution in [0.3, 0.4) is 0 Å². The fraction of sp³-hybridized carbons (Fsp3) is 0.500. The molecule has 1 saturated heterocycles. The van der Waals surface area contributed by atoms with Crippen molar-refractivity contribution in [2.45, 2.75) is 25.3 Å². The predicted molar refractivity (Wildman–Crippen MR) is 64.9 cm³/mol. The molecule has 0 radical (unpaired) electrons. The number of piperidine rings is 1. The third kappa shape index (κ3) is 1.80. The first-order chi connectivity index (χ1) is 7.84. The summed E-state index contributed by atoms with van der Waals surface area (Å²) in [7, 11) is 0. The summed E-state index contributed by atoms with van der Waals surface area (Å²) in [5, 5.41) is 3.54. The van der Waals surface area contributed by atoms with Gasteiger partial charge in [-0.25, -0.2) is 0 Å². The number of ether oxygens (including phenoxy) is 2. The maximum atomic E-state index is 5.43. The van der Waals surface area contributed by atoms with E-state index in [1.165, 1.54) is 24.8 Å². The summed E-state index contributed by atoms with van der Waals surface area (Å²) in [4.78, 5) is 0. The summed E-state index contributed by atoms with van der Waals surface area (Å²) >= 11 is 3.53. The Morgan fingerprint density at radius 3 is 3.00 bits per heavy atom. The summed E-state index contributed by atoms with van der Waals surface area (Å²) in [6.07, 6.45) is 3.78. The number of rotatable bonds is 1. The molecule has 1 aromatic rings. The van der Waals surface area contributed by atoms with Crippen molar-refractivity contribution in [3.8, 4) is 11.5 Å². The standard InChI is InChI=1S/C12H14BrNO2/c13-9-5-8(10-3-1-2-4-14-10)6-11-12(9)16-7-15-11/h5-6,10,14H,1-4,7H2. The van der Waals surface area contributed by atoms with E-state index in [1.807, 2.05) is 0 Å². The number of benzene rings is 1. The summed E-state index contributed by atoms with van der Waals surface area (Å²) in [5.41, 5.74) is 1.29. The highest BCUT2D eigenvalue weighted by Crippen LogP contribution is 2.42. The van der Waals surface area contributed by atoms with Crippen LogP contribution in [-0.2, 0) is 0 Å². The molecule has 1 unspecified atom stereocenters. The minimum Gasteiger partial charge on any atom is -0.454 e. The average molecular weight is 284 g/mol. The van der Waals surface area contributed by atoms with Gasteiger partial charge < -0.3 is 14.8 Å². The van der Waals surface area contributed by atoms with Crippen LogP contribution < -0.4 is 14.8 Å². The van der Waals surface area contributed by atoms with Gasteiger partial charge in [-0.15, -0.1) is 0 Å². The fourth-order valence-electron chi connectivity index (χ4n) is 2.32. The van der Waals surface area contributed by atoms with Crippen LogP contribution in [0.1, 0.15) is 30.9 Å².